The molecule has 4 N–H and O–H groups in total. The number of rotatable bonds is 6. The van der Waals surface area contributed by atoms with Gasteiger partial charge in [0.15, 0.2) is 11.8 Å². The van der Waals surface area contributed by atoms with E-state index in [2.05, 4.69) is 20.2 Å². The third-order valence-corrected chi connectivity index (χ3v) is 8.50. The van der Waals surface area contributed by atoms with Crippen molar-refractivity contribution in [2.45, 2.75) is 51.2 Å². The number of anilines is 3. The summed E-state index contributed by atoms with van der Waals surface area (Å²) in [4.78, 5) is 49.3. The second-order valence-corrected chi connectivity index (χ2v) is 12.8. The van der Waals surface area contributed by atoms with Gasteiger partial charge in [0.2, 0.25) is 5.65 Å². The number of pyridine rings is 2. The molecule has 1 spiro atoms. The van der Waals surface area contributed by atoms with Gasteiger partial charge in [-0.2, -0.15) is 4.98 Å². The number of amides is 2. The van der Waals surface area contributed by atoms with Crippen molar-refractivity contribution < 1.29 is 28.5 Å². The number of piperidine rings is 1. The second-order valence-electron chi connectivity index (χ2n) is 12.8. The first-order chi connectivity index (χ1) is 22.1. The van der Waals surface area contributed by atoms with Gasteiger partial charge in [0, 0.05) is 51.5 Å². The maximum Gasteiger partial charge on any atom is 0.410 e. The maximum atomic E-state index is 13.9. The Morgan fingerprint density at radius 3 is 2.41 bits per heavy atom. The van der Waals surface area contributed by atoms with E-state index in [1.165, 1.54) is 6.20 Å². The number of hydrogen-bond donors (Lipinski definition) is 3. The molecule has 3 saturated heterocycles. The van der Waals surface area contributed by atoms with E-state index < -0.39 is 5.60 Å². The molecule has 3 aliphatic heterocycles. The Morgan fingerprint density at radius 1 is 1.04 bits per heavy atom. The molecule has 0 saturated carbocycles. The van der Waals surface area contributed by atoms with Crippen LogP contribution in [0.15, 0.2) is 34.9 Å². The molecule has 3 aliphatic rings. The van der Waals surface area contributed by atoms with Gasteiger partial charge in [-0.3, -0.25) is 9.79 Å². The lowest BCUT2D eigenvalue weighted by Crippen LogP contribution is -2.63. The Labute approximate surface area is 267 Å². The highest BCUT2D eigenvalue weighted by molar-refractivity contribution is 6.09. The fourth-order valence-corrected chi connectivity index (χ4v) is 5.92. The molecular formula is C32H42N9O5+. The standard InChI is InChI=1S/C32H41N9O5/c1-31(2,3)46-30(43)41-15-13-40(14-16-41)29-38-26-24(45-29)18-22(27(37-26)39-11-8-32(9-12-39)10-17-44-32)28(42)36-25-7-5-6-23(35-25)21(19-33)20-34-4/h5-7,18-20H,8-17,33H2,1-4H3,(H,35,36,42)/p+1/b21-19+,34-20?. The number of hydrogen-bond acceptors (Lipinski definition) is 11. The van der Waals surface area contributed by atoms with Crippen molar-refractivity contribution in [2.24, 2.45) is 5.73 Å². The molecule has 6 rings (SSSR count). The number of ether oxygens (including phenoxy) is 2. The summed E-state index contributed by atoms with van der Waals surface area (Å²) in [6.45, 7) is 9.74. The highest BCUT2D eigenvalue weighted by Crippen LogP contribution is 2.39. The van der Waals surface area contributed by atoms with Crippen molar-refractivity contribution in [3.05, 3.63) is 41.7 Å². The van der Waals surface area contributed by atoms with E-state index in [4.69, 9.17) is 29.6 Å². The number of nitrogens with two attached hydrogens (primary N) is 1. The van der Waals surface area contributed by atoms with Crippen LogP contribution in [0, 0.1) is 0 Å². The fraction of sp³-hybridized carbons (Fsp3) is 0.500. The molecule has 244 valence electrons. The van der Waals surface area contributed by atoms with Gasteiger partial charge in [0.05, 0.1) is 29.0 Å². The Hall–Kier alpha value is -4.72. The molecule has 0 unspecified atom stereocenters. The fourth-order valence-electron chi connectivity index (χ4n) is 5.92. The number of fused-ring (bicyclic) bond motifs is 1. The number of carbonyl (C=O) groups is 2. The van der Waals surface area contributed by atoms with Crippen LogP contribution in [-0.2, 0) is 9.47 Å². The van der Waals surface area contributed by atoms with Crippen LogP contribution < -0.4 is 25.8 Å². The molecule has 0 aromatic carbocycles. The number of carbonyl (C=O) groups excluding carboxylic acids is 2. The molecule has 46 heavy (non-hydrogen) atoms. The first-order valence-electron chi connectivity index (χ1n) is 15.7. The highest BCUT2D eigenvalue weighted by atomic mass is 16.6. The number of nitrogens with one attached hydrogen (secondary N) is 2. The lowest BCUT2D eigenvalue weighted by Gasteiger charge is -2.48. The average molecular weight is 633 g/mol. The molecule has 14 nitrogen and oxygen atoms in total. The molecule has 0 radical (unpaired) electrons. The summed E-state index contributed by atoms with van der Waals surface area (Å²) >= 11 is 0. The zero-order valence-electron chi connectivity index (χ0n) is 26.8. The van der Waals surface area contributed by atoms with Gasteiger partial charge in [0.25, 0.3) is 11.9 Å². The molecular weight excluding hydrogens is 590 g/mol. The van der Waals surface area contributed by atoms with Crippen LogP contribution in [0.1, 0.15) is 56.1 Å². The van der Waals surface area contributed by atoms with Gasteiger partial charge in [0.1, 0.15) is 24.3 Å². The summed E-state index contributed by atoms with van der Waals surface area (Å²) in [6, 6.07) is 7.45. The third-order valence-electron chi connectivity index (χ3n) is 8.50. The number of allylic oxidation sites excluding steroid dienone is 1. The molecule has 3 aromatic rings. The van der Waals surface area contributed by atoms with Gasteiger partial charge < -0.3 is 39.6 Å². The van der Waals surface area contributed by atoms with Crippen molar-refractivity contribution in [3.8, 4) is 0 Å². The number of nitrogens with zero attached hydrogens (tertiary/aromatic N) is 6. The zero-order valence-corrected chi connectivity index (χ0v) is 26.8. The summed E-state index contributed by atoms with van der Waals surface area (Å²) in [5.41, 5.74) is 7.64. The topological polar surface area (TPSA) is 166 Å². The van der Waals surface area contributed by atoms with E-state index in [1.54, 1.807) is 36.4 Å². The van der Waals surface area contributed by atoms with Crippen molar-refractivity contribution >= 4 is 52.7 Å². The van der Waals surface area contributed by atoms with E-state index in [9.17, 15) is 9.59 Å². The van der Waals surface area contributed by atoms with Crippen molar-refractivity contribution in [1.82, 2.24) is 19.9 Å². The molecule has 3 aromatic heterocycles. The first kappa shape index (κ1) is 31.3. The smallest absolute Gasteiger partial charge is 0.410 e. The molecule has 6 heterocycles. The minimum Gasteiger partial charge on any atom is -0.444 e. The Bertz CT molecular complexity index is 1660. The van der Waals surface area contributed by atoms with Crippen LogP contribution in [0.25, 0.3) is 16.8 Å². The van der Waals surface area contributed by atoms with E-state index >= 15 is 0 Å². The number of piperazine rings is 1. The normalized spacial score (nSPS) is 18.7. The summed E-state index contributed by atoms with van der Waals surface area (Å²) in [6.07, 6.45) is 5.63. The Kier molecular flexibility index (Phi) is 8.55. The first-order valence-corrected chi connectivity index (χ1v) is 15.7. The van der Waals surface area contributed by atoms with Crippen LogP contribution in [0.5, 0.6) is 0 Å². The Morgan fingerprint density at radius 2 is 1.78 bits per heavy atom. The average Bonchev–Trinajstić information content (AvgIpc) is 3.45. The van der Waals surface area contributed by atoms with Gasteiger partial charge >= 0.3 is 6.09 Å². The maximum absolute atomic E-state index is 13.9. The van der Waals surface area contributed by atoms with E-state index in [0.717, 1.165) is 25.9 Å². The third kappa shape index (κ3) is 6.62. The van der Waals surface area contributed by atoms with E-state index in [-0.39, 0.29) is 17.6 Å². The minimum atomic E-state index is -0.559. The lowest BCUT2D eigenvalue weighted by atomic mass is 9.84. The van der Waals surface area contributed by atoms with E-state index in [0.29, 0.717) is 85.0 Å². The molecule has 3 fully saturated rings. The molecule has 14 heteroatoms. The quantitative estimate of drug-likeness (QED) is 0.339. The van der Waals surface area contributed by atoms with Gasteiger partial charge in [-0.1, -0.05) is 6.07 Å². The summed E-state index contributed by atoms with van der Waals surface area (Å²) in [5, 5.41) is 2.94. The van der Waals surface area contributed by atoms with Crippen molar-refractivity contribution in [1.29, 1.82) is 0 Å². The number of aromatic nitrogens is 3. The largest absolute Gasteiger partial charge is 0.444 e. The van der Waals surface area contributed by atoms with Crippen LogP contribution in [0.2, 0.25) is 0 Å². The number of oxazole rings is 1. The zero-order chi connectivity index (χ0) is 32.5. The summed E-state index contributed by atoms with van der Waals surface area (Å²) in [5.74, 6) is 0.545. The van der Waals surface area contributed by atoms with Crippen molar-refractivity contribution in [2.75, 3.05) is 68.0 Å². The molecule has 2 amide bonds. The molecule has 0 atom stereocenters. The van der Waals surface area contributed by atoms with E-state index in [1.807, 2.05) is 31.7 Å². The lowest BCUT2D eigenvalue weighted by molar-refractivity contribution is -0.412. The minimum absolute atomic E-state index is 0.0610. The van der Waals surface area contributed by atoms with Crippen LogP contribution >= 0.6 is 0 Å². The predicted molar refractivity (Wildman–Crippen MR) is 174 cm³/mol. The van der Waals surface area contributed by atoms with Crippen molar-refractivity contribution in [3.63, 3.8) is 0 Å². The monoisotopic (exact) mass is 632 g/mol. The van der Waals surface area contributed by atoms with Crippen LogP contribution in [0.4, 0.5) is 22.4 Å². The van der Waals surface area contributed by atoms with Gasteiger partial charge in [-0.05, 0) is 52.2 Å². The van der Waals surface area contributed by atoms with Crippen LogP contribution in [0.3, 0.4) is 0 Å². The van der Waals surface area contributed by atoms with Crippen LogP contribution in [-0.4, -0.2) is 102 Å². The summed E-state index contributed by atoms with van der Waals surface area (Å²) < 4.78 is 17.6. The summed E-state index contributed by atoms with van der Waals surface area (Å²) in [7, 11) is 1.78. The SMILES string of the molecule is C[NH+]=C/C(=C\N)c1cccc(NC(=O)c2cc3oc(N4CCN(C(=O)OC(C)(C)C)CC4)nc3nc2N2CCC3(CCO3)CC2)n1. The highest BCUT2D eigenvalue weighted by Gasteiger charge is 2.42. The predicted octanol–water partition coefficient (Wildman–Crippen LogP) is 1.77. The molecule has 0 bridgehead atoms. The second kappa shape index (κ2) is 12.6. The Balaban J connectivity index is 1.26. The van der Waals surface area contributed by atoms with Gasteiger partial charge in [-0.15, -0.1) is 0 Å². The molecule has 0 aliphatic carbocycles. The van der Waals surface area contributed by atoms with Gasteiger partial charge in [-0.25, -0.2) is 14.8 Å².